The van der Waals surface area contributed by atoms with E-state index in [1.54, 1.807) is 23.9 Å². The van der Waals surface area contributed by atoms with Crippen LogP contribution in [0.3, 0.4) is 0 Å². The lowest BCUT2D eigenvalue weighted by Crippen LogP contribution is -2.57. The second-order valence-corrected chi connectivity index (χ2v) is 10.0. The Hall–Kier alpha value is -2.84. The van der Waals surface area contributed by atoms with E-state index in [0.29, 0.717) is 18.2 Å². The van der Waals surface area contributed by atoms with Crippen molar-refractivity contribution in [2.75, 3.05) is 4.90 Å². The molecule has 1 aromatic heterocycles. The highest BCUT2D eigenvalue weighted by Crippen LogP contribution is 2.39. The number of carbonyl (C=O) groups excluding carboxylic acids is 1. The number of benzene rings is 2. The van der Waals surface area contributed by atoms with E-state index >= 15 is 0 Å². The molecule has 1 N–H and O–H groups in total. The number of hydrogen-bond donors (Lipinski definition) is 1. The number of anilines is 1. The van der Waals surface area contributed by atoms with Crippen LogP contribution in [-0.4, -0.2) is 22.3 Å². The van der Waals surface area contributed by atoms with Gasteiger partial charge >= 0.3 is 0 Å². The van der Waals surface area contributed by atoms with E-state index < -0.39 is 0 Å². The molecule has 0 aliphatic carbocycles. The molecule has 1 amide bonds. The number of carbonyl (C=O) groups is 1. The summed E-state index contributed by atoms with van der Waals surface area (Å²) in [5.41, 5.74) is 7.42. The van der Waals surface area contributed by atoms with Gasteiger partial charge in [-0.1, -0.05) is 62.0 Å². The Kier molecular flexibility index (Phi) is 5.65. The molecule has 0 fully saturated rings. The maximum Gasteiger partial charge on any atom is 0.269 e. The van der Waals surface area contributed by atoms with Gasteiger partial charge in [0.2, 0.25) is 6.29 Å². The molecular weight excluding hydrogens is 443 g/mol. The van der Waals surface area contributed by atoms with Crippen LogP contribution in [0.4, 0.5) is 10.1 Å². The molecule has 5 rings (SSSR count). The molecule has 0 radical (unpaired) electrons. The first-order valence-electron chi connectivity index (χ1n) is 10.5. The van der Waals surface area contributed by atoms with Crippen LogP contribution in [0.1, 0.15) is 46.1 Å². The van der Waals surface area contributed by atoms with Gasteiger partial charge in [-0.15, -0.1) is 11.3 Å². The Labute approximate surface area is 194 Å². The van der Waals surface area contributed by atoms with Crippen LogP contribution in [0.5, 0.6) is 0 Å². The second kappa shape index (κ2) is 8.60. The van der Waals surface area contributed by atoms with E-state index in [4.69, 9.17) is 0 Å². The van der Waals surface area contributed by atoms with E-state index in [1.807, 2.05) is 16.3 Å². The second-order valence-electron chi connectivity index (χ2n) is 8.15. The Bertz CT molecular complexity index is 1160. The van der Waals surface area contributed by atoms with Gasteiger partial charge in [-0.3, -0.25) is 20.0 Å². The molecule has 2 aliphatic heterocycles. The first-order valence-corrected chi connectivity index (χ1v) is 12.3. The van der Waals surface area contributed by atoms with Crippen molar-refractivity contribution in [2.24, 2.45) is 5.10 Å². The minimum absolute atomic E-state index is 0.0108. The van der Waals surface area contributed by atoms with Crippen molar-refractivity contribution in [2.45, 2.75) is 38.4 Å². The summed E-state index contributed by atoms with van der Waals surface area (Å²) in [5, 5.41) is 7.29. The van der Waals surface area contributed by atoms with Crippen LogP contribution in [0.2, 0.25) is 0 Å². The number of amidine groups is 1. The summed E-state index contributed by atoms with van der Waals surface area (Å²) in [5.74, 6) is 0.897. The average Bonchev–Trinajstić information content (AvgIpc) is 3.44. The summed E-state index contributed by atoms with van der Waals surface area (Å²) in [4.78, 5) is 17.9. The lowest BCUT2D eigenvalue weighted by molar-refractivity contribution is 0.0629. The fraction of sp³-hybridized carbons (Fsp3) is 0.250. The van der Waals surface area contributed by atoms with Crippen LogP contribution in [-0.2, 0) is 12.3 Å². The molecule has 0 spiro atoms. The zero-order valence-electron chi connectivity index (χ0n) is 17.8. The fourth-order valence-electron chi connectivity index (χ4n) is 3.86. The first-order chi connectivity index (χ1) is 15.5. The van der Waals surface area contributed by atoms with Crippen LogP contribution in [0.25, 0.3) is 0 Å². The van der Waals surface area contributed by atoms with Gasteiger partial charge in [-0.25, -0.2) is 4.39 Å². The fourth-order valence-corrected chi connectivity index (χ4v) is 5.64. The molecule has 0 saturated carbocycles. The number of rotatable bonds is 5. The van der Waals surface area contributed by atoms with E-state index in [0.717, 1.165) is 26.9 Å². The van der Waals surface area contributed by atoms with Gasteiger partial charge in [-0.05, 0) is 46.2 Å². The van der Waals surface area contributed by atoms with E-state index in [2.05, 4.69) is 53.5 Å². The number of thiophene rings is 1. The largest absolute Gasteiger partial charge is 0.294 e. The Morgan fingerprint density at radius 1 is 1.09 bits per heavy atom. The van der Waals surface area contributed by atoms with Crippen LogP contribution >= 0.6 is 23.1 Å². The smallest absolute Gasteiger partial charge is 0.269 e. The minimum Gasteiger partial charge on any atom is -0.294 e. The zero-order valence-corrected chi connectivity index (χ0v) is 19.4. The monoisotopic (exact) mass is 466 g/mol. The third kappa shape index (κ3) is 3.89. The molecular formula is C24H23FN4OS2. The van der Waals surface area contributed by atoms with Crippen molar-refractivity contribution in [1.29, 1.82) is 0 Å². The van der Waals surface area contributed by atoms with E-state index in [-0.39, 0.29) is 18.0 Å². The number of halogens is 1. The van der Waals surface area contributed by atoms with Gasteiger partial charge in [0.15, 0.2) is 5.17 Å². The molecule has 8 heteroatoms. The number of nitrogens with one attached hydrogen (secondary N) is 1. The molecule has 0 bridgehead atoms. The minimum atomic E-state index is -0.370. The third-order valence-electron chi connectivity index (χ3n) is 5.66. The van der Waals surface area contributed by atoms with Gasteiger partial charge in [0.05, 0.1) is 5.69 Å². The van der Waals surface area contributed by atoms with E-state index in [9.17, 15) is 9.18 Å². The van der Waals surface area contributed by atoms with Crippen LogP contribution in [0, 0.1) is 5.82 Å². The number of hydrazone groups is 1. The van der Waals surface area contributed by atoms with E-state index in [1.165, 1.54) is 29.0 Å². The number of amides is 1. The zero-order chi connectivity index (χ0) is 22.2. The third-order valence-corrected chi connectivity index (χ3v) is 7.58. The summed E-state index contributed by atoms with van der Waals surface area (Å²) in [7, 11) is 0. The highest BCUT2D eigenvalue weighted by molar-refractivity contribution is 8.13. The molecule has 3 heterocycles. The average molecular weight is 467 g/mol. The highest BCUT2D eigenvalue weighted by Gasteiger charge is 2.43. The molecule has 32 heavy (non-hydrogen) atoms. The Balaban J connectivity index is 1.37. The predicted molar refractivity (Wildman–Crippen MR) is 129 cm³/mol. The first kappa shape index (κ1) is 21.0. The van der Waals surface area contributed by atoms with Gasteiger partial charge in [0, 0.05) is 12.3 Å². The highest BCUT2D eigenvalue weighted by atomic mass is 32.2. The van der Waals surface area contributed by atoms with Gasteiger partial charge in [-0.2, -0.15) is 5.10 Å². The summed E-state index contributed by atoms with van der Waals surface area (Å²) in [6.07, 6.45) is -0.370. The van der Waals surface area contributed by atoms with Gasteiger partial charge < -0.3 is 0 Å². The number of fused-ring (bicyclic) bond motifs is 3. The Morgan fingerprint density at radius 2 is 1.81 bits per heavy atom. The van der Waals surface area contributed by atoms with Crippen LogP contribution in [0.15, 0.2) is 65.1 Å². The van der Waals surface area contributed by atoms with Crippen molar-refractivity contribution in [3.63, 3.8) is 0 Å². The molecule has 5 nitrogen and oxygen atoms in total. The summed E-state index contributed by atoms with van der Waals surface area (Å²) in [6.45, 7) is 4.84. The maximum absolute atomic E-state index is 13.3. The SMILES string of the molecule is CC(C)c1ccc(CN2C(=O)c3sccc3N3C(SCc4ccc(F)cc4)=NNC23)cc1. The van der Waals surface area contributed by atoms with Crippen molar-refractivity contribution in [1.82, 2.24) is 10.3 Å². The van der Waals surface area contributed by atoms with Crippen molar-refractivity contribution < 1.29 is 9.18 Å². The van der Waals surface area contributed by atoms with Crippen LogP contribution < -0.4 is 10.3 Å². The normalized spacial score (nSPS) is 17.3. The topological polar surface area (TPSA) is 47.9 Å². The van der Waals surface area contributed by atoms with Gasteiger partial charge in [0.1, 0.15) is 10.7 Å². The molecule has 3 aromatic rings. The molecule has 1 atom stereocenters. The molecule has 0 saturated heterocycles. The lowest BCUT2D eigenvalue weighted by Gasteiger charge is -2.39. The molecule has 2 aromatic carbocycles. The van der Waals surface area contributed by atoms with Crippen molar-refractivity contribution >= 4 is 39.9 Å². The number of hydrogen-bond acceptors (Lipinski definition) is 6. The predicted octanol–water partition coefficient (Wildman–Crippen LogP) is 5.56. The quantitative estimate of drug-likeness (QED) is 0.535. The molecule has 164 valence electrons. The lowest BCUT2D eigenvalue weighted by atomic mass is 10.0. The number of thioether (sulfide) groups is 1. The molecule has 2 aliphatic rings. The van der Waals surface area contributed by atoms with Crippen molar-refractivity contribution in [3.05, 3.63) is 87.4 Å². The Morgan fingerprint density at radius 3 is 2.53 bits per heavy atom. The van der Waals surface area contributed by atoms with Crippen molar-refractivity contribution in [3.8, 4) is 0 Å². The summed E-state index contributed by atoms with van der Waals surface area (Å²) < 4.78 is 13.2. The van der Waals surface area contributed by atoms with Gasteiger partial charge in [0.25, 0.3) is 5.91 Å². The standard InChI is InChI=1S/C24H23FN4OS2/c1-15(2)18-7-3-16(4-8-18)13-28-22(30)21-20(11-12-31-21)29-23(28)26-27-24(29)32-14-17-5-9-19(25)10-6-17/h3-12,15,23,26H,13-14H2,1-2H3. The maximum atomic E-state index is 13.3. The summed E-state index contributed by atoms with van der Waals surface area (Å²) in [6, 6.07) is 16.9. The summed E-state index contributed by atoms with van der Waals surface area (Å²) >= 11 is 3.02. The number of nitrogens with zero attached hydrogens (tertiary/aromatic N) is 3. The molecule has 1 unspecified atom stereocenters.